The van der Waals surface area contributed by atoms with Gasteiger partial charge in [-0.25, -0.2) is 0 Å². The number of hydrogen-bond donors (Lipinski definition) is 1. The fraction of sp³-hybridized carbons (Fsp3) is 0.417. The minimum atomic E-state index is 0.751. The molecule has 0 spiro atoms. The van der Waals surface area contributed by atoms with Crippen molar-refractivity contribution in [2.75, 3.05) is 32.1 Å². The van der Waals surface area contributed by atoms with E-state index in [1.807, 2.05) is 32.2 Å². The molecule has 0 atom stereocenters. The summed E-state index contributed by atoms with van der Waals surface area (Å²) in [4.78, 5) is 2.17. The van der Waals surface area contributed by atoms with Crippen molar-refractivity contribution in [1.29, 1.82) is 5.26 Å². The largest absolute Gasteiger partial charge is 0.373 e. The van der Waals surface area contributed by atoms with Gasteiger partial charge >= 0.3 is 0 Å². The Morgan fingerprint density at radius 2 is 2.20 bits per heavy atom. The molecule has 3 nitrogen and oxygen atoms in total. The van der Waals surface area contributed by atoms with E-state index in [1.165, 1.54) is 0 Å². The fourth-order valence-electron chi connectivity index (χ4n) is 1.42. The summed E-state index contributed by atoms with van der Waals surface area (Å²) in [5, 5.41) is 11.9. The van der Waals surface area contributed by atoms with E-state index in [9.17, 15) is 0 Å². The van der Waals surface area contributed by atoms with Crippen LogP contribution in [0, 0.1) is 18.3 Å². The Hall–Kier alpha value is -1.53. The average molecular weight is 203 g/mol. The van der Waals surface area contributed by atoms with Crippen LogP contribution in [0.3, 0.4) is 0 Å². The topological polar surface area (TPSA) is 39.1 Å². The lowest BCUT2D eigenvalue weighted by Crippen LogP contribution is -2.27. The Morgan fingerprint density at radius 1 is 1.47 bits per heavy atom. The van der Waals surface area contributed by atoms with Gasteiger partial charge in [0.25, 0.3) is 0 Å². The molecule has 1 aromatic rings. The first kappa shape index (κ1) is 11.5. The van der Waals surface area contributed by atoms with Crippen molar-refractivity contribution >= 4 is 5.69 Å². The highest BCUT2D eigenvalue weighted by Gasteiger charge is 2.02. The molecule has 0 fully saturated rings. The van der Waals surface area contributed by atoms with Crippen molar-refractivity contribution in [2.24, 2.45) is 0 Å². The van der Waals surface area contributed by atoms with Crippen molar-refractivity contribution in [2.45, 2.75) is 6.92 Å². The summed E-state index contributed by atoms with van der Waals surface area (Å²) in [5.41, 5.74) is 2.94. The third-order valence-corrected chi connectivity index (χ3v) is 2.47. The minimum absolute atomic E-state index is 0.751. The third kappa shape index (κ3) is 2.97. The number of aryl methyl sites for hydroxylation is 1. The van der Waals surface area contributed by atoms with Gasteiger partial charge in [0.2, 0.25) is 0 Å². The van der Waals surface area contributed by atoms with Gasteiger partial charge in [0.1, 0.15) is 0 Å². The third-order valence-electron chi connectivity index (χ3n) is 2.47. The van der Waals surface area contributed by atoms with Gasteiger partial charge in [-0.05, 0) is 37.7 Å². The molecular weight excluding hydrogens is 186 g/mol. The summed E-state index contributed by atoms with van der Waals surface area (Å²) < 4.78 is 0. The molecule has 15 heavy (non-hydrogen) atoms. The van der Waals surface area contributed by atoms with E-state index in [4.69, 9.17) is 5.26 Å². The first-order valence-electron chi connectivity index (χ1n) is 5.05. The first-order valence-corrected chi connectivity index (χ1v) is 5.05. The van der Waals surface area contributed by atoms with Crippen molar-refractivity contribution in [1.82, 2.24) is 5.32 Å². The molecule has 0 saturated heterocycles. The van der Waals surface area contributed by atoms with Gasteiger partial charge < -0.3 is 10.2 Å². The summed E-state index contributed by atoms with van der Waals surface area (Å²) in [6.45, 7) is 3.88. The van der Waals surface area contributed by atoms with Crippen molar-refractivity contribution in [3.63, 3.8) is 0 Å². The zero-order valence-electron chi connectivity index (χ0n) is 9.54. The Morgan fingerprint density at radius 3 is 2.73 bits per heavy atom. The number of nitriles is 1. The van der Waals surface area contributed by atoms with Crippen LogP contribution in [0.15, 0.2) is 18.2 Å². The summed E-state index contributed by atoms with van der Waals surface area (Å²) in [6.07, 6.45) is 0. The number of nitrogens with one attached hydrogen (secondary N) is 1. The molecule has 0 aliphatic rings. The molecule has 0 aliphatic heterocycles. The van der Waals surface area contributed by atoms with E-state index in [0.717, 1.165) is 29.9 Å². The van der Waals surface area contributed by atoms with Crippen LogP contribution in [0.5, 0.6) is 0 Å². The maximum Gasteiger partial charge on any atom is 0.0994 e. The number of hydrogen-bond acceptors (Lipinski definition) is 3. The van der Waals surface area contributed by atoms with Crippen LogP contribution in [0.2, 0.25) is 0 Å². The Kier molecular flexibility index (Phi) is 4.14. The summed E-state index contributed by atoms with van der Waals surface area (Å²) >= 11 is 0. The quantitative estimate of drug-likeness (QED) is 0.806. The first-order chi connectivity index (χ1) is 7.19. The standard InChI is InChI=1S/C12H17N3/c1-10-8-12(5-4-11(10)9-13)15(3)7-6-14-2/h4-5,8,14H,6-7H2,1-3H3. The molecule has 1 aromatic carbocycles. The molecule has 0 heterocycles. The molecule has 0 aliphatic carbocycles. The second-order valence-corrected chi connectivity index (χ2v) is 3.64. The highest BCUT2D eigenvalue weighted by Crippen LogP contribution is 2.17. The Bertz CT molecular complexity index is 366. The molecule has 80 valence electrons. The highest BCUT2D eigenvalue weighted by molar-refractivity contribution is 5.52. The molecule has 0 aromatic heterocycles. The summed E-state index contributed by atoms with van der Waals surface area (Å²) in [7, 11) is 4.00. The zero-order valence-corrected chi connectivity index (χ0v) is 9.54. The highest BCUT2D eigenvalue weighted by atomic mass is 15.1. The molecular formula is C12H17N3. The number of benzene rings is 1. The maximum atomic E-state index is 8.82. The van der Waals surface area contributed by atoms with E-state index in [0.29, 0.717) is 0 Å². The molecule has 0 radical (unpaired) electrons. The number of anilines is 1. The van der Waals surface area contributed by atoms with Crippen LogP contribution in [-0.2, 0) is 0 Å². The van der Waals surface area contributed by atoms with Crippen molar-refractivity contribution in [3.8, 4) is 6.07 Å². The van der Waals surface area contributed by atoms with Crippen LogP contribution in [0.4, 0.5) is 5.69 Å². The fourth-order valence-corrected chi connectivity index (χ4v) is 1.42. The molecule has 1 N–H and O–H groups in total. The molecule has 0 amide bonds. The van der Waals surface area contributed by atoms with Crippen LogP contribution in [-0.4, -0.2) is 27.2 Å². The van der Waals surface area contributed by atoms with Gasteiger partial charge in [-0.2, -0.15) is 5.26 Å². The Balaban J connectivity index is 2.79. The van der Waals surface area contributed by atoms with E-state index in [2.05, 4.69) is 23.3 Å². The zero-order chi connectivity index (χ0) is 11.3. The predicted molar refractivity (Wildman–Crippen MR) is 63.1 cm³/mol. The minimum Gasteiger partial charge on any atom is -0.373 e. The normalized spacial score (nSPS) is 9.73. The maximum absolute atomic E-state index is 8.82. The van der Waals surface area contributed by atoms with E-state index in [-0.39, 0.29) is 0 Å². The Labute approximate surface area is 91.3 Å². The van der Waals surface area contributed by atoms with Gasteiger partial charge in [-0.3, -0.25) is 0 Å². The van der Waals surface area contributed by atoms with Gasteiger partial charge in [-0.15, -0.1) is 0 Å². The van der Waals surface area contributed by atoms with Crippen molar-refractivity contribution in [3.05, 3.63) is 29.3 Å². The van der Waals surface area contributed by atoms with Crippen LogP contribution in [0.1, 0.15) is 11.1 Å². The van der Waals surface area contributed by atoms with Gasteiger partial charge in [-0.1, -0.05) is 0 Å². The number of rotatable bonds is 4. The number of likely N-dealkylation sites (N-methyl/N-ethyl adjacent to an activating group) is 2. The van der Waals surface area contributed by atoms with Crippen LogP contribution >= 0.6 is 0 Å². The second kappa shape index (κ2) is 5.38. The van der Waals surface area contributed by atoms with Gasteiger partial charge in [0.15, 0.2) is 0 Å². The summed E-state index contributed by atoms with van der Waals surface area (Å²) in [6, 6.07) is 8.09. The van der Waals surface area contributed by atoms with Gasteiger partial charge in [0.05, 0.1) is 11.6 Å². The van der Waals surface area contributed by atoms with Crippen LogP contribution in [0.25, 0.3) is 0 Å². The summed E-state index contributed by atoms with van der Waals surface area (Å²) in [5.74, 6) is 0. The lowest BCUT2D eigenvalue weighted by Gasteiger charge is -2.19. The van der Waals surface area contributed by atoms with E-state index < -0.39 is 0 Å². The van der Waals surface area contributed by atoms with E-state index >= 15 is 0 Å². The lowest BCUT2D eigenvalue weighted by atomic mass is 10.1. The predicted octanol–water partition coefficient (Wildman–Crippen LogP) is 1.52. The van der Waals surface area contributed by atoms with Gasteiger partial charge in [0, 0.05) is 25.8 Å². The SMILES string of the molecule is CNCCN(C)c1ccc(C#N)c(C)c1. The second-order valence-electron chi connectivity index (χ2n) is 3.64. The smallest absolute Gasteiger partial charge is 0.0994 e. The van der Waals surface area contributed by atoms with Crippen molar-refractivity contribution < 1.29 is 0 Å². The lowest BCUT2D eigenvalue weighted by molar-refractivity contribution is 0.767. The molecule has 1 rings (SSSR count). The molecule has 0 saturated carbocycles. The molecule has 3 heteroatoms. The molecule has 0 bridgehead atoms. The monoisotopic (exact) mass is 203 g/mol. The van der Waals surface area contributed by atoms with E-state index in [1.54, 1.807) is 0 Å². The number of nitrogens with zero attached hydrogens (tertiary/aromatic N) is 2. The molecule has 0 unspecified atom stereocenters. The average Bonchev–Trinajstić information content (AvgIpc) is 2.25. The van der Waals surface area contributed by atoms with Crippen LogP contribution < -0.4 is 10.2 Å².